The molecule has 7 nitrogen and oxygen atoms in total. The summed E-state index contributed by atoms with van der Waals surface area (Å²) >= 11 is 6.14. The zero-order chi connectivity index (χ0) is 22.2. The normalized spacial score (nSPS) is 19.3. The number of ketones is 1. The smallest absolute Gasteiger partial charge is 0.300 e. The third-order valence-electron chi connectivity index (χ3n) is 5.35. The first-order chi connectivity index (χ1) is 15.5. The number of hydrogen-bond donors (Lipinski definition) is 1. The van der Waals surface area contributed by atoms with Gasteiger partial charge in [-0.15, -0.1) is 0 Å². The van der Waals surface area contributed by atoms with Crippen molar-refractivity contribution in [2.75, 3.05) is 18.1 Å². The van der Waals surface area contributed by atoms with Gasteiger partial charge in [-0.1, -0.05) is 23.7 Å². The Kier molecular flexibility index (Phi) is 5.03. The van der Waals surface area contributed by atoms with E-state index in [1.165, 1.54) is 4.90 Å². The Morgan fingerprint density at radius 1 is 1.03 bits per heavy atom. The molecule has 8 heteroatoms. The molecule has 5 rings (SSSR count). The fourth-order valence-electron chi connectivity index (χ4n) is 3.92. The van der Waals surface area contributed by atoms with E-state index in [4.69, 9.17) is 21.1 Å². The number of rotatable bonds is 3. The Labute approximate surface area is 188 Å². The highest BCUT2D eigenvalue weighted by atomic mass is 35.5. The number of ether oxygens (including phenoxy) is 2. The van der Waals surface area contributed by atoms with Crippen LogP contribution in [-0.4, -0.2) is 35.0 Å². The number of benzene rings is 2. The molecule has 1 amide bonds. The highest BCUT2D eigenvalue weighted by molar-refractivity contribution is 6.51. The molecule has 1 N–H and O–H groups in total. The molecule has 1 saturated heterocycles. The molecule has 3 heterocycles. The number of carbonyl (C=O) groups excluding carboxylic acids is 2. The lowest BCUT2D eigenvalue weighted by Gasteiger charge is -2.25. The van der Waals surface area contributed by atoms with E-state index >= 15 is 0 Å². The number of carbonyl (C=O) groups is 2. The van der Waals surface area contributed by atoms with Gasteiger partial charge in [0.25, 0.3) is 11.7 Å². The number of nitrogens with zero attached hydrogens (tertiary/aromatic N) is 2. The van der Waals surface area contributed by atoms with Gasteiger partial charge in [-0.25, -0.2) is 0 Å². The largest absolute Gasteiger partial charge is 0.507 e. The van der Waals surface area contributed by atoms with Gasteiger partial charge in [0.15, 0.2) is 11.5 Å². The maximum absolute atomic E-state index is 13.1. The van der Waals surface area contributed by atoms with Gasteiger partial charge >= 0.3 is 0 Å². The lowest BCUT2D eigenvalue weighted by atomic mass is 9.96. The summed E-state index contributed by atoms with van der Waals surface area (Å²) in [6, 6.07) is 14.1. The number of aromatic nitrogens is 1. The predicted molar refractivity (Wildman–Crippen MR) is 118 cm³/mol. The molecule has 2 aromatic carbocycles. The second kappa shape index (κ2) is 8.01. The molecular formula is C24H17ClN2O5. The fraction of sp³-hybridized carbons (Fsp3) is 0.125. The van der Waals surface area contributed by atoms with E-state index in [0.717, 1.165) is 0 Å². The van der Waals surface area contributed by atoms with Gasteiger partial charge in [0.1, 0.15) is 19.0 Å². The van der Waals surface area contributed by atoms with Crippen LogP contribution in [0.4, 0.5) is 5.69 Å². The lowest BCUT2D eigenvalue weighted by molar-refractivity contribution is -0.132. The molecule has 0 saturated carbocycles. The quantitative estimate of drug-likeness (QED) is 0.368. The number of pyridine rings is 1. The Hall–Kier alpha value is -3.84. The van der Waals surface area contributed by atoms with E-state index in [0.29, 0.717) is 46.5 Å². The van der Waals surface area contributed by atoms with Crippen LogP contribution >= 0.6 is 11.6 Å². The fourth-order valence-corrected chi connectivity index (χ4v) is 4.11. The van der Waals surface area contributed by atoms with Crippen LogP contribution in [0.1, 0.15) is 17.2 Å². The van der Waals surface area contributed by atoms with Crippen LogP contribution in [0.15, 0.2) is 72.6 Å². The zero-order valence-electron chi connectivity index (χ0n) is 16.7. The van der Waals surface area contributed by atoms with Crippen LogP contribution < -0.4 is 14.4 Å². The lowest BCUT2D eigenvalue weighted by Crippen LogP contribution is -2.29. The van der Waals surface area contributed by atoms with E-state index in [1.54, 1.807) is 67.0 Å². The van der Waals surface area contributed by atoms with Crippen molar-refractivity contribution < 1.29 is 24.2 Å². The van der Waals surface area contributed by atoms with Gasteiger partial charge in [0, 0.05) is 28.7 Å². The summed E-state index contributed by atoms with van der Waals surface area (Å²) in [7, 11) is 0. The topological polar surface area (TPSA) is 89.0 Å². The highest BCUT2D eigenvalue weighted by Gasteiger charge is 2.47. The summed E-state index contributed by atoms with van der Waals surface area (Å²) in [5.74, 6) is -0.858. The Balaban J connectivity index is 1.69. The monoisotopic (exact) mass is 448 g/mol. The summed E-state index contributed by atoms with van der Waals surface area (Å²) < 4.78 is 11.1. The molecule has 0 spiro atoms. The number of halogens is 1. The zero-order valence-corrected chi connectivity index (χ0v) is 17.5. The minimum atomic E-state index is -0.879. The maximum Gasteiger partial charge on any atom is 0.300 e. The van der Waals surface area contributed by atoms with E-state index in [1.807, 2.05) is 0 Å². The average Bonchev–Trinajstić information content (AvgIpc) is 3.09. The maximum atomic E-state index is 13.1. The molecule has 1 aromatic heterocycles. The van der Waals surface area contributed by atoms with Crippen LogP contribution in [0, 0.1) is 0 Å². The molecule has 1 atom stereocenters. The highest BCUT2D eigenvalue weighted by Crippen LogP contribution is 2.43. The first-order valence-electron chi connectivity index (χ1n) is 9.91. The second-order valence-corrected chi connectivity index (χ2v) is 7.73. The van der Waals surface area contributed by atoms with Crippen LogP contribution in [0.25, 0.3) is 5.76 Å². The molecule has 1 unspecified atom stereocenters. The molecule has 0 aliphatic carbocycles. The summed E-state index contributed by atoms with van der Waals surface area (Å²) in [5.41, 5.74) is 1.31. The van der Waals surface area contributed by atoms with Crippen molar-refractivity contribution in [2.45, 2.75) is 6.04 Å². The summed E-state index contributed by atoms with van der Waals surface area (Å²) in [6.45, 7) is 0.816. The van der Waals surface area contributed by atoms with Crippen LogP contribution in [0.3, 0.4) is 0 Å². The standard InChI is InChI=1S/C24H17ClN2O5/c25-16-4-1-5-17(12-16)27-21(15-3-2-8-26-13-15)20(23(29)24(27)30)22(28)14-6-7-18-19(11-14)32-10-9-31-18/h1-8,11-13,21,28H,9-10H2/b22-20-. The third-order valence-corrected chi connectivity index (χ3v) is 5.58. The molecule has 2 aliphatic rings. The molecule has 160 valence electrons. The van der Waals surface area contributed by atoms with Crippen molar-refractivity contribution in [3.63, 3.8) is 0 Å². The second-order valence-electron chi connectivity index (χ2n) is 7.29. The number of anilines is 1. The van der Waals surface area contributed by atoms with E-state index in [9.17, 15) is 14.7 Å². The molecule has 2 aliphatic heterocycles. The SMILES string of the molecule is O=C1C(=O)N(c2cccc(Cl)c2)C(c2cccnc2)/C1=C(/O)c1ccc2c(c1)OCCO2. The summed E-state index contributed by atoms with van der Waals surface area (Å²) in [6.07, 6.45) is 3.15. The van der Waals surface area contributed by atoms with E-state index < -0.39 is 17.7 Å². The number of aliphatic hydroxyl groups is 1. The molecular weight excluding hydrogens is 432 g/mol. The summed E-state index contributed by atoms with van der Waals surface area (Å²) in [4.78, 5) is 31.7. The molecule has 0 bridgehead atoms. The Morgan fingerprint density at radius 2 is 1.84 bits per heavy atom. The van der Waals surface area contributed by atoms with Gasteiger partial charge < -0.3 is 14.6 Å². The number of Topliss-reactive ketones (excluding diaryl/α,β-unsaturated/α-hetero) is 1. The number of hydrogen-bond acceptors (Lipinski definition) is 6. The van der Waals surface area contributed by atoms with Crippen molar-refractivity contribution >= 4 is 34.7 Å². The van der Waals surface area contributed by atoms with Crippen LogP contribution in [0.2, 0.25) is 5.02 Å². The first kappa shape index (κ1) is 20.1. The van der Waals surface area contributed by atoms with Crippen LogP contribution in [0.5, 0.6) is 11.5 Å². The molecule has 0 radical (unpaired) electrons. The molecule has 32 heavy (non-hydrogen) atoms. The van der Waals surface area contributed by atoms with Crippen molar-refractivity contribution in [3.05, 3.63) is 88.7 Å². The minimum absolute atomic E-state index is 0.0420. The van der Waals surface area contributed by atoms with Gasteiger partial charge in [0.05, 0.1) is 11.6 Å². The number of aliphatic hydroxyl groups excluding tert-OH is 1. The van der Waals surface area contributed by atoms with Gasteiger partial charge in [-0.3, -0.25) is 19.5 Å². The van der Waals surface area contributed by atoms with Gasteiger partial charge in [-0.05, 0) is 48.0 Å². The third kappa shape index (κ3) is 3.36. The average molecular weight is 449 g/mol. The first-order valence-corrected chi connectivity index (χ1v) is 10.3. The van der Waals surface area contributed by atoms with E-state index in [2.05, 4.69) is 4.98 Å². The van der Waals surface area contributed by atoms with Crippen molar-refractivity contribution in [1.29, 1.82) is 0 Å². The van der Waals surface area contributed by atoms with Crippen molar-refractivity contribution in [3.8, 4) is 11.5 Å². The van der Waals surface area contributed by atoms with Crippen molar-refractivity contribution in [1.82, 2.24) is 4.98 Å². The summed E-state index contributed by atoms with van der Waals surface area (Å²) in [5, 5.41) is 11.6. The van der Waals surface area contributed by atoms with E-state index in [-0.39, 0.29) is 11.3 Å². The Morgan fingerprint density at radius 3 is 2.59 bits per heavy atom. The number of fused-ring (bicyclic) bond motifs is 1. The van der Waals surface area contributed by atoms with Crippen LogP contribution in [-0.2, 0) is 9.59 Å². The Bertz CT molecular complexity index is 1260. The molecule has 3 aromatic rings. The number of amides is 1. The van der Waals surface area contributed by atoms with Crippen molar-refractivity contribution in [2.24, 2.45) is 0 Å². The molecule has 1 fully saturated rings. The minimum Gasteiger partial charge on any atom is -0.507 e. The van der Waals surface area contributed by atoms with Gasteiger partial charge in [-0.2, -0.15) is 0 Å². The van der Waals surface area contributed by atoms with Gasteiger partial charge in [0.2, 0.25) is 0 Å². The predicted octanol–water partition coefficient (Wildman–Crippen LogP) is 4.13.